The molecule has 0 rings (SSSR count). The van der Waals surface area contributed by atoms with E-state index in [1.807, 2.05) is 0 Å². The van der Waals surface area contributed by atoms with E-state index in [1.54, 1.807) is 34.7 Å². The average Bonchev–Trinajstić information content (AvgIpc) is 2.13. The molecule has 0 saturated carbocycles. The molecule has 0 aliphatic rings. The highest BCUT2D eigenvalue weighted by Gasteiger charge is 2.43. The van der Waals surface area contributed by atoms with Crippen molar-refractivity contribution in [1.82, 2.24) is 9.80 Å². The molecular weight excluding hydrogens is 196 g/mol. The lowest BCUT2D eigenvalue weighted by atomic mass is 10.9. The summed E-state index contributed by atoms with van der Waals surface area (Å²) in [6.07, 6.45) is 0. The van der Waals surface area contributed by atoms with Gasteiger partial charge in [-0.15, -0.1) is 6.58 Å². The third kappa shape index (κ3) is 2.23. The maximum Gasteiger partial charge on any atom is 0.281 e. The minimum Gasteiger partial charge on any atom is -0.353 e. The Morgan fingerprint density at radius 3 is 1.50 bits per heavy atom. The summed E-state index contributed by atoms with van der Waals surface area (Å²) in [4.78, 5) is 26.5. The summed E-state index contributed by atoms with van der Waals surface area (Å²) in [5.74, 6) is 0. The van der Waals surface area contributed by atoms with E-state index in [4.69, 9.17) is 0 Å². The summed E-state index contributed by atoms with van der Waals surface area (Å²) < 4.78 is 0. The number of amides is 2. The van der Waals surface area contributed by atoms with Gasteiger partial charge in [0.1, 0.15) is 0 Å². The van der Waals surface area contributed by atoms with Crippen molar-refractivity contribution in [1.29, 1.82) is 0 Å². The molecule has 14 heavy (non-hydrogen) atoms. The Balaban J connectivity index is 5.08. The Bertz CT molecular complexity index is 242. The highest BCUT2D eigenvalue weighted by molar-refractivity contribution is 7.26. The largest absolute Gasteiger partial charge is 0.353 e. The second kappa shape index (κ2) is 4.41. The predicted molar refractivity (Wildman–Crippen MR) is 60.0 cm³/mol. The first-order chi connectivity index (χ1) is 6.27. The second-order valence-corrected chi connectivity index (χ2v) is 7.47. The molecule has 0 N–H and O–H groups in total. The molecule has 0 aromatic heterocycles. The molecular formula is C9H18N2O2Si. The summed E-state index contributed by atoms with van der Waals surface area (Å²) in [6.45, 7) is 5.32. The number of carbonyl (C=O) groups is 2. The molecule has 0 heterocycles. The van der Waals surface area contributed by atoms with Crippen LogP contribution in [-0.4, -0.2) is 57.1 Å². The van der Waals surface area contributed by atoms with Crippen LogP contribution in [-0.2, 0) is 0 Å². The molecule has 0 aromatic rings. The number of rotatable bonds is 3. The molecule has 0 atom stereocenters. The summed E-state index contributed by atoms with van der Waals surface area (Å²) in [7, 11) is 3.89. The van der Waals surface area contributed by atoms with Gasteiger partial charge in [0.25, 0.3) is 8.07 Å². The van der Waals surface area contributed by atoms with Crippen molar-refractivity contribution in [3.63, 3.8) is 0 Å². The third-order valence-electron chi connectivity index (χ3n) is 2.11. The molecule has 0 saturated heterocycles. The van der Waals surface area contributed by atoms with Crippen LogP contribution in [0.1, 0.15) is 0 Å². The molecule has 2 amide bonds. The van der Waals surface area contributed by atoms with Crippen molar-refractivity contribution in [2.24, 2.45) is 0 Å². The van der Waals surface area contributed by atoms with Crippen molar-refractivity contribution < 1.29 is 9.59 Å². The van der Waals surface area contributed by atoms with Crippen LogP contribution < -0.4 is 0 Å². The van der Waals surface area contributed by atoms with Crippen molar-refractivity contribution >= 4 is 19.1 Å². The molecule has 5 heteroatoms. The zero-order chi connectivity index (χ0) is 11.5. The molecule has 0 aromatic carbocycles. The molecule has 0 aliphatic heterocycles. The second-order valence-electron chi connectivity index (χ2n) is 3.81. The van der Waals surface area contributed by atoms with Crippen LogP contribution in [0.3, 0.4) is 0 Å². The summed E-state index contributed by atoms with van der Waals surface area (Å²) >= 11 is 0. The zero-order valence-electron chi connectivity index (χ0n) is 9.50. The molecule has 80 valence electrons. The monoisotopic (exact) mass is 214 g/mol. The number of nitrogens with zero attached hydrogens (tertiary/aromatic N) is 2. The molecule has 0 fully saturated rings. The van der Waals surface area contributed by atoms with Gasteiger partial charge in [-0.2, -0.15) is 0 Å². The maximum absolute atomic E-state index is 11.8. The average molecular weight is 214 g/mol. The topological polar surface area (TPSA) is 40.6 Å². The maximum atomic E-state index is 11.8. The van der Waals surface area contributed by atoms with E-state index < -0.39 is 8.07 Å². The first kappa shape index (κ1) is 12.9. The van der Waals surface area contributed by atoms with E-state index in [0.29, 0.717) is 0 Å². The SMILES string of the molecule is C=C[Si](C)(C(=O)N(C)C)C(=O)N(C)C. The number of hydrogen-bond donors (Lipinski definition) is 0. The normalized spacial score (nSPS) is 10.6. The lowest BCUT2D eigenvalue weighted by molar-refractivity contribution is 0.230. The fraction of sp³-hybridized carbons (Fsp3) is 0.556. The van der Waals surface area contributed by atoms with Gasteiger partial charge in [-0.1, -0.05) is 5.70 Å². The quantitative estimate of drug-likeness (QED) is 0.665. The molecule has 0 unspecified atom stereocenters. The van der Waals surface area contributed by atoms with Gasteiger partial charge in [-0.3, -0.25) is 9.59 Å². The Labute approximate surface area is 86.2 Å². The highest BCUT2D eigenvalue weighted by Crippen LogP contribution is 2.12. The Morgan fingerprint density at radius 1 is 1.07 bits per heavy atom. The van der Waals surface area contributed by atoms with Gasteiger partial charge in [0.05, 0.1) is 0 Å². The van der Waals surface area contributed by atoms with E-state index in [0.717, 1.165) is 0 Å². The molecule has 0 bridgehead atoms. The van der Waals surface area contributed by atoms with Gasteiger partial charge < -0.3 is 9.80 Å². The Morgan fingerprint density at radius 2 is 1.36 bits per heavy atom. The van der Waals surface area contributed by atoms with Crippen LogP contribution in [0.25, 0.3) is 0 Å². The smallest absolute Gasteiger partial charge is 0.281 e. The standard InChI is InChI=1S/C9H18N2O2Si/c1-7-14(6,8(12)10(2)3)9(13)11(4)5/h7H,1H2,2-6H3. The van der Waals surface area contributed by atoms with E-state index in [1.165, 1.54) is 15.5 Å². The van der Waals surface area contributed by atoms with Crippen LogP contribution >= 0.6 is 0 Å². The fourth-order valence-electron chi connectivity index (χ4n) is 1.20. The van der Waals surface area contributed by atoms with E-state index in [2.05, 4.69) is 6.58 Å². The highest BCUT2D eigenvalue weighted by atomic mass is 28.3. The third-order valence-corrected chi connectivity index (χ3v) is 5.60. The lowest BCUT2D eigenvalue weighted by Crippen LogP contribution is -2.56. The van der Waals surface area contributed by atoms with Gasteiger partial charge in [-0.25, -0.2) is 0 Å². The minimum absolute atomic E-state index is 0.119. The van der Waals surface area contributed by atoms with Gasteiger partial charge in [0, 0.05) is 28.2 Å². The van der Waals surface area contributed by atoms with Gasteiger partial charge in [0.15, 0.2) is 0 Å². The fourth-order valence-corrected chi connectivity index (χ4v) is 3.59. The summed E-state index contributed by atoms with van der Waals surface area (Å²) in [6, 6.07) is 0. The minimum atomic E-state index is -2.72. The lowest BCUT2D eigenvalue weighted by Gasteiger charge is -2.27. The Kier molecular flexibility index (Phi) is 4.06. The predicted octanol–water partition coefficient (Wildman–Crippen LogP) is 1.32. The molecule has 4 nitrogen and oxygen atoms in total. The summed E-state index contributed by atoms with van der Waals surface area (Å²) in [5.41, 5.74) is 1.29. The van der Waals surface area contributed by atoms with Crippen LogP contribution in [0.4, 0.5) is 9.59 Å². The first-order valence-electron chi connectivity index (χ1n) is 4.34. The van der Waals surface area contributed by atoms with E-state index in [-0.39, 0.29) is 11.1 Å². The number of hydrogen-bond acceptors (Lipinski definition) is 2. The first-order valence-corrected chi connectivity index (χ1v) is 6.92. The Hall–Kier alpha value is -1.10. The van der Waals surface area contributed by atoms with E-state index >= 15 is 0 Å². The van der Waals surface area contributed by atoms with Crippen molar-refractivity contribution in [2.75, 3.05) is 28.2 Å². The van der Waals surface area contributed by atoms with Crippen LogP contribution in [0.5, 0.6) is 0 Å². The van der Waals surface area contributed by atoms with Crippen molar-refractivity contribution in [2.45, 2.75) is 6.55 Å². The van der Waals surface area contributed by atoms with Gasteiger partial charge >= 0.3 is 0 Å². The zero-order valence-corrected chi connectivity index (χ0v) is 10.5. The van der Waals surface area contributed by atoms with Crippen molar-refractivity contribution in [3.05, 3.63) is 12.3 Å². The van der Waals surface area contributed by atoms with Crippen LogP contribution in [0.15, 0.2) is 12.3 Å². The van der Waals surface area contributed by atoms with Gasteiger partial charge in [-0.05, 0) is 6.55 Å². The number of carbonyl (C=O) groups excluding carboxylic acids is 2. The molecule has 0 aliphatic carbocycles. The van der Waals surface area contributed by atoms with Gasteiger partial charge in [0.2, 0.25) is 11.1 Å². The van der Waals surface area contributed by atoms with Crippen molar-refractivity contribution in [3.8, 4) is 0 Å². The van der Waals surface area contributed by atoms with E-state index in [9.17, 15) is 9.59 Å². The molecule has 0 radical (unpaired) electrons. The summed E-state index contributed by atoms with van der Waals surface area (Å²) in [5, 5.41) is 0. The molecule has 0 spiro atoms. The van der Waals surface area contributed by atoms with Crippen LogP contribution in [0, 0.1) is 0 Å². The van der Waals surface area contributed by atoms with Crippen LogP contribution in [0.2, 0.25) is 6.55 Å².